The maximum absolute atomic E-state index is 12.2. The molecule has 0 saturated heterocycles. The van der Waals surface area contributed by atoms with Crippen molar-refractivity contribution in [2.45, 2.75) is 46.6 Å². The highest BCUT2D eigenvalue weighted by Crippen LogP contribution is 2.56. The molecule has 0 aromatic rings. The van der Waals surface area contributed by atoms with E-state index in [1.54, 1.807) is 14.0 Å². The van der Waals surface area contributed by atoms with Crippen molar-refractivity contribution in [1.29, 1.82) is 0 Å². The highest BCUT2D eigenvalue weighted by atomic mass is 16.5. The molecule has 1 fully saturated rings. The Hall–Kier alpha value is -1.10. The van der Waals surface area contributed by atoms with Crippen molar-refractivity contribution in [2.24, 2.45) is 16.7 Å². The first kappa shape index (κ1) is 16.0. The van der Waals surface area contributed by atoms with Gasteiger partial charge in [-0.05, 0) is 32.1 Å². The van der Waals surface area contributed by atoms with Crippen LogP contribution in [0.15, 0.2) is 0 Å². The van der Waals surface area contributed by atoms with Gasteiger partial charge in [-0.25, -0.2) is 0 Å². The van der Waals surface area contributed by atoms with Gasteiger partial charge in [-0.15, -0.1) is 0 Å². The highest BCUT2D eigenvalue weighted by molar-refractivity contribution is 5.83. The van der Waals surface area contributed by atoms with Crippen molar-refractivity contribution >= 4 is 11.9 Å². The molecule has 1 aliphatic rings. The average Bonchev–Trinajstić information content (AvgIpc) is 2.58. The molecule has 0 radical (unpaired) electrons. The maximum atomic E-state index is 12.2. The van der Waals surface area contributed by atoms with E-state index >= 15 is 0 Å². The van der Waals surface area contributed by atoms with Crippen LogP contribution in [0.4, 0.5) is 0 Å². The van der Waals surface area contributed by atoms with Crippen molar-refractivity contribution in [2.75, 3.05) is 13.7 Å². The van der Waals surface area contributed by atoms with Crippen LogP contribution in [0.1, 0.15) is 40.5 Å². The molecule has 19 heavy (non-hydrogen) atoms. The zero-order valence-corrected chi connectivity index (χ0v) is 12.4. The molecular weight excluding hydrogens is 246 g/mol. The monoisotopic (exact) mass is 271 g/mol. The summed E-state index contributed by atoms with van der Waals surface area (Å²) in [6.07, 6.45) is 1.11. The molecule has 5 heteroatoms. The lowest BCUT2D eigenvalue weighted by molar-refractivity contribution is -0.155. The zero-order valence-electron chi connectivity index (χ0n) is 12.4. The third-order valence-corrected chi connectivity index (χ3v) is 4.98. The fourth-order valence-corrected chi connectivity index (χ4v) is 2.79. The van der Waals surface area contributed by atoms with Gasteiger partial charge in [0, 0.05) is 19.6 Å². The SMILES string of the molecule is CO[C@H](C)CNC(=O)[C@@H]1CC[C@](C)(C(=O)O)C1(C)C. The van der Waals surface area contributed by atoms with Gasteiger partial charge in [0.15, 0.2) is 0 Å². The van der Waals surface area contributed by atoms with E-state index in [1.165, 1.54) is 0 Å². The summed E-state index contributed by atoms with van der Waals surface area (Å²) in [5.74, 6) is -1.16. The molecule has 0 aromatic carbocycles. The largest absolute Gasteiger partial charge is 0.481 e. The standard InChI is InChI=1S/C14H25NO4/c1-9(19-5)8-15-11(16)10-6-7-14(4,12(17)18)13(10,2)3/h9-10H,6-8H2,1-5H3,(H,15,16)(H,17,18)/t9-,10+,14-/m1/s1. The van der Waals surface area contributed by atoms with Gasteiger partial charge in [0.05, 0.1) is 11.5 Å². The van der Waals surface area contributed by atoms with Crippen LogP contribution in [-0.4, -0.2) is 36.7 Å². The minimum Gasteiger partial charge on any atom is -0.481 e. The molecule has 1 amide bonds. The number of aliphatic carboxylic acids is 1. The average molecular weight is 271 g/mol. The molecule has 0 aliphatic heterocycles. The third kappa shape index (κ3) is 2.76. The second-order valence-corrected chi connectivity index (χ2v) is 6.24. The summed E-state index contributed by atoms with van der Waals surface area (Å²) in [6, 6.07) is 0. The molecule has 0 spiro atoms. The molecule has 0 bridgehead atoms. The van der Waals surface area contributed by atoms with Gasteiger partial charge in [-0.3, -0.25) is 9.59 Å². The van der Waals surface area contributed by atoms with E-state index in [0.717, 1.165) is 0 Å². The van der Waals surface area contributed by atoms with Crippen molar-refractivity contribution < 1.29 is 19.4 Å². The minimum atomic E-state index is -0.845. The van der Waals surface area contributed by atoms with Crippen molar-refractivity contribution in [3.63, 3.8) is 0 Å². The molecule has 110 valence electrons. The zero-order chi connectivity index (χ0) is 14.8. The number of carbonyl (C=O) groups excluding carboxylic acids is 1. The Morgan fingerprint density at radius 1 is 1.42 bits per heavy atom. The second kappa shape index (κ2) is 5.49. The minimum absolute atomic E-state index is 0.0423. The lowest BCUT2D eigenvalue weighted by atomic mass is 9.65. The summed E-state index contributed by atoms with van der Waals surface area (Å²) >= 11 is 0. The summed E-state index contributed by atoms with van der Waals surface area (Å²) in [7, 11) is 1.60. The van der Waals surface area contributed by atoms with E-state index in [4.69, 9.17) is 4.74 Å². The molecular formula is C14H25NO4. The summed E-state index contributed by atoms with van der Waals surface area (Å²) in [5.41, 5.74) is -1.40. The van der Waals surface area contributed by atoms with Gasteiger partial charge in [0.2, 0.25) is 5.91 Å². The van der Waals surface area contributed by atoms with E-state index < -0.39 is 16.8 Å². The smallest absolute Gasteiger partial charge is 0.309 e. The van der Waals surface area contributed by atoms with Gasteiger partial charge in [-0.2, -0.15) is 0 Å². The van der Waals surface area contributed by atoms with Crippen LogP contribution in [0, 0.1) is 16.7 Å². The van der Waals surface area contributed by atoms with Crippen molar-refractivity contribution in [3.8, 4) is 0 Å². The topological polar surface area (TPSA) is 75.6 Å². The molecule has 0 aromatic heterocycles. The van der Waals surface area contributed by atoms with Crippen LogP contribution in [-0.2, 0) is 14.3 Å². The first-order valence-corrected chi connectivity index (χ1v) is 6.70. The number of hydrogen-bond acceptors (Lipinski definition) is 3. The molecule has 3 atom stereocenters. The van der Waals surface area contributed by atoms with Crippen molar-refractivity contribution in [1.82, 2.24) is 5.32 Å². The Balaban J connectivity index is 2.76. The van der Waals surface area contributed by atoms with E-state index in [9.17, 15) is 14.7 Å². The summed E-state index contributed by atoms with van der Waals surface area (Å²) < 4.78 is 5.09. The van der Waals surface area contributed by atoms with Crippen LogP contribution < -0.4 is 5.32 Å². The van der Waals surface area contributed by atoms with Gasteiger partial charge >= 0.3 is 5.97 Å². The number of amides is 1. The number of nitrogens with one attached hydrogen (secondary N) is 1. The first-order valence-electron chi connectivity index (χ1n) is 6.70. The first-order chi connectivity index (χ1) is 8.66. The number of carbonyl (C=O) groups is 2. The maximum Gasteiger partial charge on any atom is 0.309 e. The Kier molecular flexibility index (Phi) is 4.61. The van der Waals surface area contributed by atoms with Gasteiger partial charge < -0.3 is 15.2 Å². The number of methoxy groups -OCH3 is 1. The van der Waals surface area contributed by atoms with Crippen LogP contribution in [0.5, 0.6) is 0 Å². The van der Waals surface area contributed by atoms with Crippen molar-refractivity contribution in [3.05, 3.63) is 0 Å². The molecule has 1 rings (SSSR count). The van der Waals surface area contributed by atoms with Gasteiger partial charge in [0.1, 0.15) is 0 Å². The summed E-state index contributed by atoms with van der Waals surface area (Å²) in [5, 5.41) is 12.3. The van der Waals surface area contributed by atoms with Crippen LogP contribution in [0.25, 0.3) is 0 Å². The van der Waals surface area contributed by atoms with E-state index in [2.05, 4.69) is 5.32 Å². The summed E-state index contributed by atoms with van der Waals surface area (Å²) in [4.78, 5) is 23.7. The molecule has 0 unspecified atom stereocenters. The molecule has 1 saturated carbocycles. The van der Waals surface area contributed by atoms with E-state index in [1.807, 2.05) is 20.8 Å². The van der Waals surface area contributed by atoms with Gasteiger partial charge in [-0.1, -0.05) is 13.8 Å². The normalized spacial score (nSPS) is 30.9. The number of rotatable bonds is 5. The number of hydrogen-bond donors (Lipinski definition) is 2. The Morgan fingerprint density at radius 3 is 2.42 bits per heavy atom. The van der Waals surface area contributed by atoms with Crippen LogP contribution in [0.2, 0.25) is 0 Å². The van der Waals surface area contributed by atoms with E-state index in [0.29, 0.717) is 19.4 Å². The lowest BCUT2D eigenvalue weighted by Gasteiger charge is -2.37. The molecule has 2 N–H and O–H groups in total. The van der Waals surface area contributed by atoms with Crippen LogP contribution in [0.3, 0.4) is 0 Å². The Morgan fingerprint density at radius 2 is 2.00 bits per heavy atom. The quantitative estimate of drug-likeness (QED) is 0.797. The molecule has 0 heterocycles. The molecule has 1 aliphatic carbocycles. The second-order valence-electron chi connectivity index (χ2n) is 6.24. The number of carboxylic acid groups (broad SMARTS) is 1. The molecule has 5 nitrogen and oxygen atoms in total. The van der Waals surface area contributed by atoms with Crippen LogP contribution >= 0.6 is 0 Å². The highest BCUT2D eigenvalue weighted by Gasteiger charge is 2.58. The number of ether oxygens (including phenoxy) is 1. The lowest BCUT2D eigenvalue weighted by Crippen LogP contribution is -2.46. The predicted molar refractivity (Wildman–Crippen MR) is 71.7 cm³/mol. The Bertz CT molecular complexity index is 366. The van der Waals surface area contributed by atoms with E-state index in [-0.39, 0.29) is 17.9 Å². The summed E-state index contributed by atoms with van der Waals surface area (Å²) in [6.45, 7) is 7.81. The fraction of sp³-hybridized carbons (Fsp3) is 0.857. The third-order valence-electron chi connectivity index (χ3n) is 4.98. The predicted octanol–water partition coefficient (Wildman–Crippen LogP) is 1.66. The number of carboxylic acids is 1. The van der Waals surface area contributed by atoms with Gasteiger partial charge in [0.25, 0.3) is 0 Å². The Labute approximate surface area is 114 Å². The fourth-order valence-electron chi connectivity index (χ4n) is 2.79.